The fourth-order valence-electron chi connectivity index (χ4n) is 3.45. The highest BCUT2D eigenvalue weighted by atomic mass is 32.1. The third-order valence-corrected chi connectivity index (χ3v) is 5.80. The topological polar surface area (TPSA) is 78.4 Å². The molecule has 0 aliphatic carbocycles. The zero-order chi connectivity index (χ0) is 17.9. The molecule has 2 aliphatic heterocycles. The van der Waals surface area contributed by atoms with E-state index < -0.39 is 0 Å². The van der Waals surface area contributed by atoms with Crippen LogP contribution in [0.3, 0.4) is 0 Å². The van der Waals surface area contributed by atoms with Gasteiger partial charge in [-0.15, -0.1) is 10.2 Å². The van der Waals surface area contributed by atoms with Crippen LogP contribution in [0.15, 0.2) is 30.3 Å². The predicted octanol–water partition coefficient (Wildman–Crippen LogP) is 1.95. The Kier molecular flexibility index (Phi) is 4.83. The maximum absolute atomic E-state index is 12.7. The molecule has 1 atom stereocenters. The van der Waals surface area contributed by atoms with E-state index in [-0.39, 0.29) is 17.9 Å². The summed E-state index contributed by atoms with van der Waals surface area (Å²) in [6.07, 6.45) is 3.18. The molecule has 136 valence electrons. The SMILES string of the molecule is O=C(NCc1ccccc1)[C@H]1CCCN1c1nnc(N2CCCC2=O)s1. The van der Waals surface area contributed by atoms with Gasteiger partial charge in [0.1, 0.15) is 6.04 Å². The number of hydrogen-bond acceptors (Lipinski definition) is 6. The van der Waals surface area contributed by atoms with Gasteiger partial charge in [-0.05, 0) is 24.8 Å². The van der Waals surface area contributed by atoms with Crippen LogP contribution in [0.25, 0.3) is 0 Å². The Labute approximate surface area is 156 Å². The highest BCUT2D eigenvalue weighted by molar-refractivity contribution is 7.19. The lowest BCUT2D eigenvalue weighted by Crippen LogP contribution is -2.43. The van der Waals surface area contributed by atoms with Gasteiger partial charge in [0.05, 0.1) is 0 Å². The molecule has 0 spiro atoms. The Bertz CT molecular complexity index is 794. The van der Waals surface area contributed by atoms with Crippen molar-refractivity contribution in [3.8, 4) is 0 Å². The van der Waals surface area contributed by atoms with E-state index in [1.54, 1.807) is 4.90 Å². The first-order chi connectivity index (χ1) is 12.7. The average Bonchev–Trinajstić information content (AvgIpc) is 3.40. The van der Waals surface area contributed by atoms with Gasteiger partial charge in [0.15, 0.2) is 0 Å². The van der Waals surface area contributed by atoms with E-state index in [9.17, 15) is 9.59 Å². The summed E-state index contributed by atoms with van der Waals surface area (Å²) in [4.78, 5) is 28.3. The minimum atomic E-state index is -0.228. The quantitative estimate of drug-likeness (QED) is 0.869. The predicted molar refractivity (Wildman–Crippen MR) is 100 cm³/mol. The van der Waals surface area contributed by atoms with E-state index in [0.717, 1.165) is 36.5 Å². The van der Waals surface area contributed by atoms with Gasteiger partial charge < -0.3 is 10.2 Å². The molecule has 2 amide bonds. The van der Waals surface area contributed by atoms with Crippen LogP contribution in [-0.2, 0) is 16.1 Å². The molecule has 0 saturated carbocycles. The molecule has 7 nitrogen and oxygen atoms in total. The number of carbonyl (C=O) groups is 2. The van der Waals surface area contributed by atoms with E-state index in [2.05, 4.69) is 15.5 Å². The monoisotopic (exact) mass is 371 g/mol. The zero-order valence-corrected chi connectivity index (χ0v) is 15.2. The number of nitrogens with one attached hydrogen (secondary N) is 1. The summed E-state index contributed by atoms with van der Waals surface area (Å²) in [7, 11) is 0. The number of rotatable bonds is 5. The van der Waals surface area contributed by atoms with Crippen molar-refractivity contribution in [3.63, 3.8) is 0 Å². The molecule has 1 aromatic carbocycles. The van der Waals surface area contributed by atoms with Crippen molar-refractivity contribution in [2.45, 2.75) is 38.3 Å². The number of nitrogens with zero attached hydrogens (tertiary/aromatic N) is 4. The summed E-state index contributed by atoms with van der Waals surface area (Å²) in [5, 5.41) is 12.8. The van der Waals surface area contributed by atoms with Crippen molar-refractivity contribution in [2.24, 2.45) is 0 Å². The van der Waals surface area contributed by atoms with Crippen LogP contribution in [-0.4, -0.2) is 41.1 Å². The molecule has 2 aliphatic rings. The molecular formula is C18H21N5O2S. The Hall–Kier alpha value is -2.48. The van der Waals surface area contributed by atoms with Crippen LogP contribution in [0.1, 0.15) is 31.2 Å². The van der Waals surface area contributed by atoms with Gasteiger partial charge in [-0.25, -0.2) is 0 Å². The van der Waals surface area contributed by atoms with Gasteiger partial charge in [0, 0.05) is 26.1 Å². The fraction of sp³-hybridized carbons (Fsp3) is 0.444. The minimum Gasteiger partial charge on any atom is -0.350 e. The first kappa shape index (κ1) is 17.0. The molecule has 4 rings (SSSR count). The minimum absolute atomic E-state index is 0.0142. The molecule has 0 bridgehead atoms. The van der Waals surface area contributed by atoms with Crippen LogP contribution >= 0.6 is 11.3 Å². The highest BCUT2D eigenvalue weighted by Gasteiger charge is 2.34. The smallest absolute Gasteiger partial charge is 0.243 e. The number of anilines is 2. The fourth-order valence-corrected chi connectivity index (χ4v) is 4.42. The summed E-state index contributed by atoms with van der Waals surface area (Å²) in [5.41, 5.74) is 1.08. The zero-order valence-electron chi connectivity index (χ0n) is 14.4. The third-order valence-electron chi connectivity index (χ3n) is 4.82. The van der Waals surface area contributed by atoms with Crippen LogP contribution < -0.4 is 15.1 Å². The standard InChI is InChI=1S/C18H21N5O2S/c24-15-9-5-11-23(15)18-21-20-17(26-18)22-10-4-8-14(22)16(25)19-12-13-6-2-1-3-7-13/h1-3,6-7,14H,4-5,8-12H2,(H,19,25)/t14-/m1/s1. The van der Waals surface area contributed by atoms with Crippen LogP contribution in [0, 0.1) is 0 Å². The molecule has 0 radical (unpaired) electrons. The van der Waals surface area contributed by atoms with E-state index >= 15 is 0 Å². The molecule has 1 aromatic heterocycles. The number of aromatic nitrogens is 2. The number of benzene rings is 1. The second kappa shape index (κ2) is 7.41. The number of carbonyl (C=O) groups excluding carboxylic acids is 2. The highest BCUT2D eigenvalue weighted by Crippen LogP contribution is 2.33. The molecule has 3 heterocycles. The van der Waals surface area contributed by atoms with E-state index in [1.807, 2.05) is 35.2 Å². The van der Waals surface area contributed by atoms with Crippen LogP contribution in [0.4, 0.5) is 10.3 Å². The van der Waals surface area contributed by atoms with Crippen LogP contribution in [0.5, 0.6) is 0 Å². The second-order valence-corrected chi connectivity index (χ2v) is 7.51. The molecule has 2 fully saturated rings. The maximum atomic E-state index is 12.7. The Morgan fingerprint density at radius 1 is 1.15 bits per heavy atom. The molecule has 1 N–H and O–H groups in total. The molecule has 2 aromatic rings. The first-order valence-corrected chi connectivity index (χ1v) is 9.76. The van der Waals surface area contributed by atoms with Crippen molar-refractivity contribution in [1.82, 2.24) is 15.5 Å². The Morgan fingerprint density at radius 2 is 1.96 bits per heavy atom. The summed E-state index contributed by atoms with van der Waals surface area (Å²) >= 11 is 1.40. The van der Waals surface area contributed by atoms with E-state index in [1.165, 1.54) is 11.3 Å². The lowest BCUT2D eigenvalue weighted by Gasteiger charge is -2.22. The summed E-state index contributed by atoms with van der Waals surface area (Å²) < 4.78 is 0. The van der Waals surface area contributed by atoms with Crippen molar-refractivity contribution in [3.05, 3.63) is 35.9 Å². The van der Waals surface area contributed by atoms with E-state index in [0.29, 0.717) is 24.6 Å². The number of hydrogen-bond donors (Lipinski definition) is 1. The molecule has 26 heavy (non-hydrogen) atoms. The normalized spacial score (nSPS) is 20.0. The van der Waals surface area contributed by atoms with Gasteiger partial charge in [-0.2, -0.15) is 0 Å². The van der Waals surface area contributed by atoms with E-state index in [4.69, 9.17) is 0 Å². The van der Waals surface area contributed by atoms with Crippen molar-refractivity contribution < 1.29 is 9.59 Å². The lowest BCUT2D eigenvalue weighted by atomic mass is 10.2. The van der Waals surface area contributed by atoms with Gasteiger partial charge in [0.2, 0.25) is 22.1 Å². The maximum Gasteiger partial charge on any atom is 0.243 e. The van der Waals surface area contributed by atoms with Gasteiger partial charge in [-0.3, -0.25) is 14.5 Å². The molecule has 2 saturated heterocycles. The van der Waals surface area contributed by atoms with Gasteiger partial charge >= 0.3 is 0 Å². The lowest BCUT2D eigenvalue weighted by molar-refractivity contribution is -0.122. The van der Waals surface area contributed by atoms with Gasteiger partial charge in [-0.1, -0.05) is 41.7 Å². The third kappa shape index (κ3) is 3.41. The Balaban J connectivity index is 1.42. The first-order valence-electron chi connectivity index (χ1n) is 8.94. The summed E-state index contributed by atoms with van der Waals surface area (Å²) in [6.45, 7) is 2.01. The van der Waals surface area contributed by atoms with Crippen molar-refractivity contribution in [1.29, 1.82) is 0 Å². The van der Waals surface area contributed by atoms with Gasteiger partial charge in [0.25, 0.3) is 0 Å². The molecule has 0 unspecified atom stereocenters. The van der Waals surface area contributed by atoms with Crippen molar-refractivity contribution >= 4 is 33.4 Å². The van der Waals surface area contributed by atoms with Crippen LogP contribution in [0.2, 0.25) is 0 Å². The average molecular weight is 371 g/mol. The Morgan fingerprint density at radius 3 is 2.73 bits per heavy atom. The molecular weight excluding hydrogens is 350 g/mol. The second-order valence-electron chi connectivity index (χ2n) is 6.57. The summed E-state index contributed by atoms with van der Waals surface area (Å²) in [5.74, 6) is 0.117. The largest absolute Gasteiger partial charge is 0.350 e. The molecule has 8 heteroatoms. The summed E-state index contributed by atoms with van der Waals surface area (Å²) in [6, 6.07) is 9.65. The number of amides is 2. The van der Waals surface area contributed by atoms with Crippen molar-refractivity contribution in [2.75, 3.05) is 22.9 Å².